The van der Waals surface area contributed by atoms with E-state index in [1.807, 2.05) is 6.92 Å². The highest BCUT2D eigenvalue weighted by Crippen LogP contribution is 2.17. The van der Waals surface area contributed by atoms with Crippen LogP contribution in [0.3, 0.4) is 0 Å². The van der Waals surface area contributed by atoms with Gasteiger partial charge in [0, 0.05) is 12.8 Å². The van der Waals surface area contributed by atoms with Crippen LogP contribution < -0.4 is 10.1 Å². The van der Waals surface area contributed by atoms with Gasteiger partial charge in [-0.2, -0.15) is 0 Å². The lowest BCUT2D eigenvalue weighted by Gasteiger charge is -2.20. The number of carbonyl (C=O) groups is 1. The molecule has 0 saturated carbocycles. The quantitative estimate of drug-likeness (QED) is 0.877. The maximum Gasteiger partial charge on any atom is 0.257 e. The molecule has 5 nitrogen and oxygen atoms in total. The molecule has 1 aromatic heterocycles. The van der Waals surface area contributed by atoms with Crippen molar-refractivity contribution in [3.63, 3.8) is 0 Å². The topological polar surface area (TPSA) is 60.5 Å². The van der Waals surface area contributed by atoms with Gasteiger partial charge < -0.3 is 14.8 Å². The summed E-state index contributed by atoms with van der Waals surface area (Å²) in [5.74, 6) is 0.164. The molecule has 0 unspecified atom stereocenters. The lowest BCUT2D eigenvalue weighted by molar-refractivity contribution is 0.0710. The summed E-state index contributed by atoms with van der Waals surface area (Å²) in [6.07, 6.45) is 3.75. The Morgan fingerprint density at radius 3 is 3.17 bits per heavy atom. The third-order valence-electron chi connectivity index (χ3n) is 3.09. The molecule has 1 aliphatic rings. The number of pyridine rings is 1. The Bertz CT molecular complexity index is 416. The average Bonchev–Trinajstić information content (AvgIpc) is 2.92. The van der Waals surface area contributed by atoms with Crippen LogP contribution in [0.25, 0.3) is 0 Å². The second-order valence-electron chi connectivity index (χ2n) is 4.37. The molecule has 0 radical (unpaired) electrons. The number of hydrogen-bond acceptors (Lipinski definition) is 4. The first-order valence-electron chi connectivity index (χ1n) is 6.14. The third-order valence-corrected chi connectivity index (χ3v) is 3.09. The van der Waals surface area contributed by atoms with Crippen LogP contribution in [0.5, 0.6) is 5.88 Å². The van der Waals surface area contributed by atoms with Crippen molar-refractivity contribution in [2.75, 3.05) is 13.7 Å². The third kappa shape index (κ3) is 2.79. The largest absolute Gasteiger partial charge is 0.480 e. The van der Waals surface area contributed by atoms with E-state index in [0.29, 0.717) is 11.4 Å². The van der Waals surface area contributed by atoms with E-state index in [-0.39, 0.29) is 18.1 Å². The van der Waals surface area contributed by atoms with Crippen molar-refractivity contribution in [1.29, 1.82) is 0 Å². The van der Waals surface area contributed by atoms with Crippen LogP contribution in [0.15, 0.2) is 18.3 Å². The van der Waals surface area contributed by atoms with Crippen molar-refractivity contribution < 1.29 is 14.3 Å². The minimum atomic E-state index is -0.178. The van der Waals surface area contributed by atoms with Gasteiger partial charge in [-0.3, -0.25) is 4.79 Å². The molecule has 0 bridgehead atoms. The van der Waals surface area contributed by atoms with E-state index in [0.717, 1.165) is 19.4 Å². The number of methoxy groups -OCH3 is 1. The summed E-state index contributed by atoms with van der Waals surface area (Å²) in [6.45, 7) is 2.73. The van der Waals surface area contributed by atoms with Crippen LogP contribution in [0.2, 0.25) is 0 Å². The molecule has 2 atom stereocenters. The van der Waals surface area contributed by atoms with Gasteiger partial charge in [-0.25, -0.2) is 4.98 Å². The molecule has 1 amide bonds. The molecule has 1 N–H and O–H groups in total. The van der Waals surface area contributed by atoms with E-state index in [2.05, 4.69) is 10.3 Å². The van der Waals surface area contributed by atoms with Crippen LogP contribution in [0.4, 0.5) is 0 Å². The summed E-state index contributed by atoms with van der Waals surface area (Å²) >= 11 is 0. The first-order valence-corrected chi connectivity index (χ1v) is 6.14. The number of nitrogens with one attached hydrogen (secondary N) is 1. The van der Waals surface area contributed by atoms with Gasteiger partial charge >= 0.3 is 0 Å². The van der Waals surface area contributed by atoms with E-state index in [1.165, 1.54) is 7.11 Å². The number of amides is 1. The Balaban J connectivity index is 2.02. The Morgan fingerprint density at radius 2 is 2.50 bits per heavy atom. The van der Waals surface area contributed by atoms with Gasteiger partial charge in [0.1, 0.15) is 5.56 Å². The smallest absolute Gasteiger partial charge is 0.257 e. The maximum atomic E-state index is 12.1. The zero-order valence-electron chi connectivity index (χ0n) is 10.7. The maximum absolute atomic E-state index is 12.1. The van der Waals surface area contributed by atoms with Gasteiger partial charge in [0.15, 0.2) is 0 Å². The monoisotopic (exact) mass is 250 g/mol. The summed E-state index contributed by atoms with van der Waals surface area (Å²) in [5, 5.41) is 2.93. The normalized spacial score (nSPS) is 20.4. The van der Waals surface area contributed by atoms with Gasteiger partial charge in [0.2, 0.25) is 5.88 Å². The van der Waals surface area contributed by atoms with Gasteiger partial charge in [-0.15, -0.1) is 0 Å². The lowest BCUT2D eigenvalue weighted by Crippen LogP contribution is -2.41. The molecule has 1 aliphatic heterocycles. The summed E-state index contributed by atoms with van der Waals surface area (Å²) in [6, 6.07) is 3.40. The van der Waals surface area contributed by atoms with Gasteiger partial charge in [-0.1, -0.05) is 0 Å². The van der Waals surface area contributed by atoms with Crippen molar-refractivity contribution in [2.45, 2.75) is 31.9 Å². The van der Waals surface area contributed by atoms with Crippen molar-refractivity contribution in [3.05, 3.63) is 23.9 Å². The molecular formula is C13H18N2O3. The van der Waals surface area contributed by atoms with Crippen molar-refractivity contribution >= 4 is 5.91 Å². The van der Waals surface area contributed by atoms with E-state index >= 15 is 0 Å². The van der Waals surface area contributed by atoms with Gasteiger partial charge in [-0.05, 0) is 31.9 Å². The van der Waals surface area contributed by atoms with Crippen LogP contribution in [-0.4, -0.2) is 36.8 Å². The molecule has 0 aromatic carbocycles. The molecule has 1 saturated heterocycles. The molecule has 1 aromatic rings. The van der Waals surface area contributed by atoms with Crippen LogP contribution >= 0.6 is 0 Å². The fraction of sp³-hybridized carbons (Fsp3) is 0.538. The van der Waals surface area contributed by atoms with Crippen LogP contribution in [0.1, 0.15) is 30.1 Å². The first kappa shape index (κ1) is 12.8. The number of aromatic nitrogens is 1. The van der Waals surface area contributed by atoms with E-state index in [4.69, 9.17) is 9.47 Å². The minimum Gasteiger partial charge on any atom is -0.480 e. The Hall–Kier alpha value is -1.62. The summed E-state index contributed by atoms with van der Waals surface area (Å²) in [7, 11) is 1.50. The zero-order valence-corrected chi connectivity index (χ0v) is 10.7. The molecule has 2 heterocycles. The Kier molecular flexibility index (Phi) is 4.15. The van der Waals surface area contributed by atoms with Gasteiger partial charge in [0.25, 0.3) is 5.91 Å². The standard InChI is InChI=1S/C13H18N2O3/c1-9(11-6-4-8-18-11)15-12(16)10-5-3-7-14-13(10)17-2/h3,5,7,9,11H,4,6,8H2,1-2H3,(H,15,16)/t9-,11+/m0/s1. The summed E-state index contributed by atoms with van der Waals surface area (Å²) in [4.78, 5) is 16.1. The van der Waals surface area contributed by atoms with E-state index in [1.54, 1.807) is 18.3 Å². The summed E-state index contributed by atoms with van der Waals surface area (Å²) in [5.41, 5.74) is 0.449. The highest BCUT2D eigenvalue weighted by atomic mass is 16.5. The van der Waals surface area contributed by atoms with Gasteiger partial charge in [0.05, 0.1) is 19.3 Å². The van der Waals surface area contributed by atoms with Crippen LogP contribution in [-0.2, 0) is 4.74 Å². The Morgan fingerprint density at radius 1 is 1.67 bits per heavy atom. The molecule has 1 fully saturated rings. The zero-order chi connectivity index (χ0) is 13.0. The minimum absolute atomic E-state index is 0.00934. The second-order valence-corrected chi connectivity index (χ2v) is 4.37. The van der Waals surface area contributed by atoms with E-state index < -0.39 is 0 Å². The predicted molar refractivity (Wildman–Crippen MR) is 66.7 cm³/mol. The molecule has 0 aliphatic carbocycles. The highest BCUT2D eigenvalue weighted by Gasteiger charge is 2.24. The molecule has 18 heavy (non-hydrogen) atoms. The van der Waals surface area contributed by atoms with E-state index in [9.17, 15) is 4.79 Å². The van der Waals surface area contributed by atoms with Crippen molar-refractivity contribution in [3.8, 4) is 5.88 Å². The predicted octanol–water partition coefficient (Wildman–Crippen LogP) is 1.39. The number of nitrogens with zero attached hydrogens (tertiary/aromatic N) is 1. The second kappa shape index (κ2) is 5.82. The Labute approximate surface area is 107 Å². The van der Waals surface area contributed by atoms with Crippen molar-refractivity contribution in [1.82, 2.24) is 10.3 Å². The molecule has 98 valence electrons. The molecule has 0 spiro atoms. The fourth-order valence-electron chi connectivity index (χ4n) is 2.10. The lowest BCUT2D eigenvalue weighted by atomic mass is 10.1. The molecule has 5 heteroatoms. The SMILES string of the molecule is COc1ncccc1C(=O)N[C@@H](C)[C@H]1CCCO1. The highest BCUT2D eigenvalue weighted by molar-refractivity contribution is 5.96. The van der Waals surface area contributed by atoms with Crippen LogP contribution in [0, 0.1) is 0 Å². The first-order chi connectivity index (χ1) is 8.72. The molecule has 2 rings (SSSR count). The average molecular weight is 250 g/mol. The summed E-state index contributed by atoms with van der Waals surface area (Å²) < 4.78 is 10.6. The molecular weight excluding hydrogens is 232 g/mol. The number of carbonyl (C=O) groups excluding carboxylic acids is 1. The number of rotatable bonds is 4. The van der Waals surface area contributed by atoms with Crippen molar-refractivity contribution in [2.24, 2.45) is 0 Å². The number of ether oxygens (including phenoxy) is 2. The fourth-order valence-corrected chi connectivity index (χ4v) is 2.10. The number of hydrogen-bond donors (Lipinski definition) is 1.